The van der Waals surface area contributed by atoms with Crippen molar-refractivity contribution in [1.82, 2.24) is 25.4 Å². The van der Waals surface area contributed by atoms with Gasteiger partial charge in [0.2, 0.25) is 0 Å². The van der Waals surface area contributed by atoms with Crippen LogP contribution < -0.4 is 0 Å². The summed E-state index contributed by atoms with van der Waals surface area (Å²) < 4.78 is 0. The lowest BCUT2D eigenvalue weighted by molar-refractivity contribution is 1.05. The van der Waals surface area contributed by atoms with E-state index in [9.17, 15) is 0 Å². The highest BCUT2D eigenvalue weighted by Gasteiger charge is 1.89. The van der Waals surface area contributed by atoms with Crippen molar-refractivity contribution in [3.8, 4) is 0 Å². The van der Waals surface area contributed by atoms with Crippen LogP contribution in [0, 0.1) is 0 Å². The Morgan fingerprint density at radius 1 is 0.400 bits per heavy atom. The van der Waals surface area contributed by atoms with Crippen LogP contribution in [0.25, 0.3) is 32.4 Å². The van der Waals surface area contributed by atoms with Gasteiger partial charge in [0, 0.05) is 28.6 Å². The van der Waals surface area contributed by atoms with Gasteiger partial charge in [0.05, 0.1) is 24.1 Å². The van der Waals surface area contributed by atoms with Crippen LogP contribution in [0.1, 0.15) is 0 Å². The van der Waals surface area contributed by atoms with Crippen molar-refractivity contribution in [2.45, 2.75) is 0 Å². The summed E-state index contributed by atoms with van der Waals surface area (Å²) in [6.45, 7) is 0. The van der Waals surface area contributed by atoms with E-state index in [-0.39, 0.29) is 0 Å². The second kappa shape index (κ2) is 9.80. The Morgan fingerprint density at radius 2 is 0.933 bits per heavy atom. The summed E-state index contributed by atoms with van der Waals surface area (Å²) in [5.74, 6) is 0. The van der Waals surface area contributed by atoms with E-state index in [1.807, 2.05) is 85.2 Å². The maximum atomic E-state index is 4.01. The van der Waals surface area contributed by atoms with Crippen LogP contribution in [-0.2, 0) is 0 Å². The summed E-state index contributed by atoms with van der Waals surface area (Å²) in [7, 11) is 0. The predicted octanol–water partition coefficient (Wildman–Crippen LogP) is 5.49. The van der Waals surface area contributed by atoms with Gasteiger partial charge < -0.3 is 0 Å². The van der Waals surface area contributed by atoms with Crippen LogP contribution in [0.15, 0.2) is 116 Å². The van der Waals surface area contributed by atoms with Crippen molar-refractivity contribution in [2.75, 3.05) is 0 Å². The van der Waals surface area contributed by atoms with Crippen LogP contribution >= 0.6 is 0 Å². The van der Waals surface area contributed by atoms with Gasteiger partial charge in [-0.2, -0.15) is 20.4 Å². The molecular weight excluding hydrogens is 370 g/mol. The van der Waals surface area contributed by atoms with E-state index in [4.69, 9.17) is 0 Å². The molecule has 0 bridgehead atoms. The fourth-order valence-corrected chi connectivity index (χ4v) is 2.89. The molecule has 0 fully saturated rings. The Balaban J connectivity index is 0.000000109. The Morgan fingerprint density at radius 3 is 1.57 bits per heavy atom. The SMILES string of the molecule is c1ccc2cnccc2c1.c1ccc2cnncc2c1.c1ccc2nnccc2c1. The summed E-state index contributed by atoms with van der Waals surface area (Å²) in [6, 6.07) is 28.1. The van der Waals surface area contributed by atoms with Crippen molar-refractivity contribution in [3.63, 3.8) is 0 Å². The molecule has 144 valence electrons. The molecule has 3 heterocycles. The molecule has 0 aliphatic carbocycles. The number of nitrogens with zero attached hydrogens (tertiary/aromatic N) is 5. The summed E-state index contributed by atoms with van der Waals surface area (Å²) in [5, 5.41) is 21.1. The number of rotatable bonds is 0. The first-order chi connectivity index (χ1) is 14.9. The highest BCUT2D eigenvalue weighted by molar-refractivity contribution is 5.81. The average molecular weight is 389 g/mol. The summed E-state index contributed by atoms with van der Waals surface area (Å²) in [6.07, 6.45) is 8.89. The smallest absolute Gasteiger partial charge is 0.0929 e. The van der Waals surface area contributed by atoms with Crippen molar-refractivity contribution in [1.29, 1.82) is 0 Å². The van der Waals surface area contributed by atoms with Gasteiger partial charge in [0.1, 0.15) is 0 Å². The standard InChI is InChI=1S/C9H7N.2C8H6N2/c1-2-4-9-7-10-6-5-8(9)3-1;1-2-4-8-6-10-9-5-7(8)3-1;1-2-4-8-7(3-1)5-6-9-10-8/h1-7H;2*1-6H. The third kappa shape index (κ3) is 4.97. The minimum atomic E-state index is 0.949. The van der Waals surface area contributed by atoms with Crippen LogP contribution in [0.4, 0.5) is 0 Å². The fraction of sp³-hybridized carbons (Fsp3) is 0. The normalized spacial score (nSPS) is 10.0. The summed E-state index contributed by atoms with van der Waals surface area (Å²) >= 11 is 0. The van der Waals surface area contributed by atoms with Gasteiger partial charge in [0.15, 0.2) is 0 Å². The lowest BCUT2D eigenvalue weighted by Gasteiger charge is -1.91. The van der Waals surface area contributed by atoms with Gasteiger partial charge in [-0.3, -0.25) is 4.98 Å². The lowest BCUT2D eigenvalue weighted by Crippen LogP contribution is -1.79. The quantitative estimate of drug-likeness (QED) is 0.343. The van der Waals surface area contributed by atoms with Crippen molar-refractivity contribution < 1.29 is 0 Å². The minimum Gasteiger partial charge on any atom is -0.264 e. The number of hydrogen-bond acceptors (Lipinski definition) is 5. The number of aromatic nitrogens is 5. The van der Waals surface area contributed by atoms with Crippen molar-refractivity contribution in [2.24, 2.45) is 0 Å². The molecule has 30 heavy (non-hydrogen) atoms. The second-order valence-corrected chi connectivity index (χ2v) is 6.43. The molecule has 3 aromatic carbocycles. The highest BCUT2D eigenvalue weighted by atomic mass is 15.1. The second-order valence-electron chi connectivity index (χ2n) is 6.43. The number of fused-ring (bicyclic) bond motifs is 3. The Hall–Kier alpha value is -4.25. The molecule has 0 unspecified atom stereocenters. The lowest BCUT2D eigenvalue weighted by atomic mass is 10.2. The molecule has 5 nitrogen and oxygen atoms in total. The van der Waals surface area contributed by atoms with Crippen LogP contribution in [0.5, 0.6) is 0 Å². The van der Waals surface area contributed by atoms with E-state index in [1.165, 1.54) is 10.8 Å². The van der Waals surface area contributed by atoms with E-state index in [2.05, 4.69) is 37.5 Å². The molecule has 6 rings (SSSR count). The van der Waals surface area contributed by atoms with E-state index < -0.39 is 0 Å². The molecule has 0 aliphatic rings. The zero-order valence-corrected chi connectivity index (χ0v) is 16.2. The molecule has 6 aromatic rings. The van der Waals surface area contributed by atoms with Gasteiger partial charge in [-0.1, -0.05) is 66.7 Å². The van der Waals surface area contributed by atoms with Crippen LogP contribution in [-0.4, -0.2) is 25.4 Å². The molecule has 0 radical (unpaired) electrons. The molecule has 0 amide bonds. The fourth-order valence-electron chi connectivity index (χ4n) is 2.89. The van der Waals surface area contributed by atoms with Crippen molar-refractivity contribution >= 4 is 32.4 Å². The van der Waals surface area contributed by atoms with Crippen LogP contribution in [0.2, 0.25) is 0 Å². The number of hydrogen-bond donors (Lipinski definition) is 0. The first-order valence-corrected chi connectivity index (χ1v) is 9.51. The molecule has 0 N–H and O–H groups in total. The highest BCUT2D eigenvalue weighted by Crippen LogP contribution is 2.10. The van der Waals surface area contributed by atoms with Gasteiger partial charge in [0.25, 0.3) is 0 Å². The molecule has 3 aromatic heterocycles. The molecule has 0 spiro atoms. The first kappa shape index (κ1) is 19.1. The average Bonchev–Trinajstić information content (AvgIpc) is 2.85. The van der Waals surface area contributed by atoms with Gasteiger partial charge in [-0.25, -0.2) is 0 Å². The molecule has 5 heteroatoms. The zero-order valence-electron chi connectivity index (χ0n) is 16.2. The minimum absolute atomic E-state index is 0.949. The molecule has 0 atom stereocenters. The third-order valence-corrected chi connectivity index (χ3v) is 4.43. The third-order valence-electron chi connectivity index (χ3n) is 4.43. The number of pyridine rings is 1. The Kier molecular flexibility index (Phi) is 6.23. The largest absolute Gasteiger partial charge is 0.264 e. The monoisotopic (exact) mass is 389 g/mol. The maximum Gasteiger partial charge on any atom is 0.0929 e. The summed E-state index contributed by atoms with van der Waals surface area (Å²) in [5.41, 5.74) is 0.949. The Labute approximate surface area is 174 Å². The van der Waals surface area contributed by atoms with E-state index in [1.54, 1.807) is 18.6 Å². The van der Waals surface area contributed by atoms with Gasteiger partial charge >= 0.3 is 0 Å². The van der Waals surface area contributed by atoms with E-state index >= 15 is 0 Å². The molecule has 0 aliphatic heterocycles. The topological polar surface area (TPSA) is 64.5 Å². The number of benzene rings is 3. The van der Waals surface area contributed by atoms with E-state index in [0.717, 1.165) is 21.7 Å². The van der Waals surface area contributed by atoms with Crippen molar-refractivity contribution in [3.05, 3.63) is 116 Å². The first-order valence-electron chi connectivity index (χ1n) is 9.51. The maximum absolute atomic E-state index is 4.01. The van der Waals surface area contributed by atoms with E-state index in [0.29, 0.717) is 0 Å². The molecule has 0 saturated carbocycles. The van der Waals surface area contributed by atoms with Gasteiger partial charge in [-0.05, 0) is 29.0 Å². The summed E-state index contributed by atoms with van der Waals surface area (Å²) in [4.78, 5) is 4.01. The zero-order chi connectivity index (χ0) is 20.4. The van der Waals surface area contributed by atoms with Crippen LogP contribution in [0.3, 0.4) is 0 Å². The molecular formula is C25H19N5. The predicted molar refractivity (Wildman–Crippen MR) is 121 cm³/mol. The molecule has 0 saturated heterocycles. The Bertz CT molecular complexity index is 1000. The van der Waals surface area contributed by atoms with Gasteiger partial charge in [-0.15, -0.1) is 0 Å².